The van der Waals surface area contributed by atoms with E-state index in [1.807, 2.05) is 6.92 Å². The lowest BCUT2D eigenvalue weighted by Gasteiger charge is -2.29. The molecule has 4 nitrogen and oxygen atoms in total. The Labute approximate surface area is 263 Å². The van der Waals surface area contributed by atoms with E-state index < -0.39 is 11.5 Å². The summed E-state index contributed by atoms with van der Waals surface area (Å²) in [7, 11) is 0. The molecule has 0 spiro atoms. The number of hydrogen-bond acceptors (Lipinski definition) is 2. The van der Waals surface area contributed by atoms with Crippen molar-refractivity contribution < 1.29 is 14.7 Å². The Balaban J connectivity index is 3.79. The van der Waals surface area contributed by atoms with E-state index in [4.69, 9.17) is 0 Å². The molecule has 2 N–H and O–H groups in total. The smallest absolute Gasteiger partial charge is 0.329 e. The van der Waals surface area contributed by atoms with Crippen molar-refractivity contribution in [1.29, 1.82) is 0 Å². The van der Waals surface area contributed by atoms with Crippen LogP contribution in [0.2, 0.25) is 0 Å². The SMILES string of the molecule is CCCCCCCCCCCCCCCCCC(=O)NC(CC)(CCCCCCCCCCCCCCCC)C(=O)O. The molecule has 0 saturated heterocycles. The number of hydrogen-bond donors (Lipinski definition) is 2. The second-order valence-electron chi connectivity index (χ2n) is 13.3. The Hall–Kier alpha value is -1.06. The van der Waals surface area contributed by atoms with Gasteiger partial charge in [0.1, 0.15) is 5.54 Å². The van der Waals surface area contributed by atoms with Gasteiger partial charge in [-0.15, -0.1) is 0 Å². The van der Waals surface area contributed by atoms with E-state index in [1.165, 1.54) is 161 Å². The van der Waals surface area contributed by atoms with E-state index >= 15 is 0 Å². The minimum atomic E-state index is -1.09. The largest absolute Gasteiger partial charge is 0.480 e. The maximum atomic E-state index is 12.6. The fraction of sp³-hybridized carbons (Fsp3) is 0.947. The highest BCUT2D eigenvalue weighted by atomic mass is 16.4. The lowest BCUT2D eigenvalue weighted by molar-refractivity contribution is -0.148. The lowest BCUT2D eigenvalue weighted by atomic mass is 9.88. The number of carboxylic acids is 1. The Morgan fingerprint density at radius 2 is 0.738 bits per heavy atom. The first-order chi connectivity index (χ1) is 20.5. The molecular formula is C38H75NO3. The Morgan fingerprint density at radius 3 is 1.02 bits per heavy atom. The number of aliphatic carboxylic acids is 1. The standard InChI is InChI=1S/C38H75NO3/c1-4-7-9-11-13-15-17-19-21-22-24-26-28-30-32-34-36(40)39-38(6-3,37(41)42)35-33-31-29-27-25-23-20-18-16-14-12-10-8-5-2/h4-35H2,1-3H3,(H,39,40)(H,41,42). The zero-order valence-corrected chi connectivity index (χ0v) is 28.9. The fourth-order valence-corrected chi connectivity index (χ4v) is 6.25. The van der Waals surface area contributed by atoms with Gasteiger partial charge in [-0.2, -0.15) is 0 Å². The van der Waals surface area contributed by atoms with Crippen molar-refractivity contribution in [2.24, 2.45) is 0 Å². The first kappa shape index (κ1) is 40.9. The van der Waals surface area contributed by atoms with Crippen LogP contribution in [0.5, 0.6) is 0 Å². The van der Waals surface area contributed by atoms with Gasteiger partial charge >= 0.3 is 5.97 Å². The van der Waals surface area contributed by atoms with Crippen LogP contribution in [-0.4, -0.2) is 22.5 Å². The Bertz CT molecular complexity index is 593. The van der Waals surface area contributed by atoms with E-state index in [9.17, 15) is 14.7 Å². The van der Waals surface area contributed by atoms with Gasteiger partial charge in [-0.25, -0.2) is 4.79 Å². The molecule has 42 heavy (non-hydrogen) atoms. The average Bonchev–Trinajstić information content (AvgIpc) is 2.98. The topological polar surface area (TPSA) is 66.4 Å². The molecule has 0 aliphatic heterocycles. The molecule has 0 aromatic heterocycles. The minimum absolute atomic E-state index is 0.0840. The third kappa shape index (κ3) is 25.4. The molecule has 0 saturated carbocycles. The van der Waals surface area contributed by atoms with E-state index in [2.05, 4.69) is 19.2 Å². The third-order valence-corrected chi connectivity index (χ3v) is 9.36. The predicted octanol–water partition coefficient (Wildman–Crippen LogP) is 12.5. The second-order valence-corrected chi connectivity index (χ2v) is 13.3. The third-order valence-electron chi connectivity index (χ3n) is 9.36. The molecule has 0 heterocycles. The highest BCUT2D eigenvalue weighted by molar-refractivity contribution is 5.86. The molecule has 250 valence electrons. The van der Waals surface area contributed by atoms with Gasteiger partial charge in [0.15, 0.2) is 0 Å². The van der Waals surface area contributed by atoms with Crippen LogP contribution in [0.1, 0.15) is 226 Å². The average molecular weight is 594 g/mol. The van der Waals surface area contributed by atoms with E-state index in [0.717, 1.165) is 25.7 Å². The summed E-state index contributed by atoms with van der Waals surface area (Å²) in [4.78, 5) is 24.8. The normalized spacial score (nSPS) is 12.8. The lowest BCUT2D eigenvalue weighted by Crippen LogP contribution is -2.54. The number of carboxylic acid groups (broad SMARTS) is 1. The molecule has 1 atom stereocenters. The fourth-order valence-electron chi connectivity index (χ4n) is 6.25. The minimum Gasteiger partial charge on any atom is -0.480 e. The summed E-state index contributed by atoms with van der Waals surface area (Å²) in [5, 5.41) is 12.9. The Morgan fingerprint density at radius 1 is 0.452 bits per heavy atom. The van der Waals surface area contributed by atoms with Crippen LogP contribution in [0.15, 0.2) is 0 Å². The highest BCUT2D eigenvalue weighted by Gasteiger charge is 2.37. The first-order valence-corrected chi connectivity index (χ1v) is 19.1. The van der Waals surface area contributed by atoms with Gasteiger partial charge in [-0.1, -0.05) is 201 Å². The van der Waals surface area contributed by atoms with Gasteiger partial charge in [0.2, 0.25) is 5.91 Å². The van der Waals surface area contributed by atoms with E-state index in [1.54, 1.807) is 0 Å². The van der Waals surface area contributed by atoms with Crippen LogP contribution in [0.25, 0.3) is 0 Å². The summed E-state index contributed by atoms with van der Waals surface area (Å²) in [6.07, 6.45) is 39.0. The Kier molecular flexibility index (Phi) is 30.6. The van der Waals surface area contributed by atoms with E-state index in [-0.39, 0.29) is 5.91 Å². The van der Waals surface area contributed by atoms with Crippen LogP contribution in [0.3, 0.4) is 0 Å². The number of unbranched alkanes of at least 4 members (excludes halogenated alkanes) is 27. The van der Waals surface area contributed by atoms with Crippen molar-refractivity contribution >= 4 is 11.9 Å². The van der Waals surface area contributed by atoms with E-state index in [0.29, 0.717) is 19.3 Å². The van der Waals surface area contributed by atoms with Gasteiger partial charge in [-0.05, 0) is 19.3 Å². The molecule has 0 fully saturated rings. The van der Waals surface area contributed by atoms with Gasteiger partial charge in [-0.3, -0.25) is 4.79 Å². The maximum Gasteiger partial charge on any atom is 0.329 e. The van der Waals surface area contributed by atoms with Crippen molar-refractivity contribution in [3.05, 3.63) is 0 Å². The quantitative estimate of drug-likeness (QED) is 0.0729. The molecule has 0 bridgehead atoms. The maximum absolute atomic E-state index is 12.6. The molecule has 0 aromatic rings. The molecular weight excluding hydrogens is 518 g/mol. The molecule has 4 heteroatoms. The summed E-state index contributed by atoms with van der Waals surface area (Å²) >= 11 is 0. The molecule has 0 aliphatic carbocycles. The number of nitrogens with one attached hydrogen (secondary N) is 1. The highest BCUT2D eigenvalue weighted by Crippen LogP contribution is 2.22. The predicted molar refractivity (Wildman–Crippen MR) is 183 cm³/mol. The zero-order valence-electron chi connectivity index (χ0n) is 28.9. The summed E-state index contributed by atoms with van der Waals surface area (Å²) in [5.41, 5.74) is -1.09. The van der Waals surface area contributed by atoms with Crippen LogP contribution in [-0.2, 0) is 9.59 Å². The van der Waals surface area contributed by atoms with Gasteiger partial charge in [0.05, 0.1) is 0 Å². The molecule has 0 aliphatic rings. The summed E-state index contributed by atoms with van der Waals surface area (Å²) in [5.74, 6) is -0.955. The van der Waals surface area contributed by atoms with Gasteiger partial charge in [0, 0.05) is 6.42 Å². The molecule has 1 unspecified atom stereocenters. The zero-order chi connectivity index (χ0) is 31.0. The van der Waals surface area contributed by atoms with Crippen molar-refractivity contribution in [3.63, 3.8) is 0 Å². The summed E-state index contributed by atoms with van der Waals surface area (Å²) in [6, 6.07) is 0. The monoisotopic (exact) mass is 594 g/mol. The number of amides is 1. The van der Waals surface area contributed by atoms with Crippen molar-refractivity contribution in [2.75, 3.05) is 0 Å². The van der Waals surface area contributed by atoms with Crippen molar-refractivity contribution in [1.82, 2.24) is 5.32 Å². The summed E-state index contributed by atoms with van der Waals surface area (Å²) in [6.45, 7) is 6.44. The van der Waals surface area contributed by atoms with Crippen LogP contribution >= 0.6 is 0 Å². The summed E-state index contributed by atoms with van der Waals surface area (Å²) < 4.78 is 0. The number of rotatable bonds is 34. The van der Waals surface area contributed by atoms with Crippen LogP contribution in [0.4, 0.5) is 0 Å². The molecule has 0 rings (SSSR count). The van der Waals surface area contributed by atoms with Crippen LogP contribution in [0, 0.1) is 0 Å². The molecule has 0 aromatic carbocycles. The number of carbonyl (C=O) groups excluding carboxylic acids is 1. The second kappa shape index (κ2) is 31.4. The van der Waals surface area contributed by atoms with Crippen LogP contribution < -0.4 is 5.32 Å². The van der Waals surface area contributed by atoms with Gasteiger partial charge in [0.25, 0.3) is 0 Å². The molecule has 1 amide bonds. The number of carbonyl (C=O) groups is 2. The first-order valence-electron chi connectivity index (χ1n) is 19.1. The van der Waals surface area contributed by atoms with Crippen molar-refractivity contribution in [3.8, 4) is 0 Å². The van der Waals surface area contributed by atoms with Crippen molar-refractivity contribution in [2.45, 2.75) is 232 Å². The molecule has 0 radical (unpaired) electrons. The van der Waals surface area contributed by atoms with Gasteiger partial charge < -0.3 is 10.4 Å².